The zero-order chi connectivity index (χ0) is 11.3. The van der Waals surface area contributed by atoms with Crippen LogP contribution in [0.15, 0.2) is 23.1 Å². The van der Waals surface area contributed by atoms with Gasteiger partial charge in [-0.05, 0) is 18.2 Å². The summed E-state index contributed by atoms with van der Waals surface area (Å²) in [5.74, 6) is 1.22. The second-order valence-electron chi connectivity index (χ2n) is 3.00. The fourth-order valence-corrected chi connectivity index (χ4v) is 2.21. The van der Waals surface area contributed by atoms with Gasteiger partial charge in [0.25, 0.3) is 0 Å². The Balaban J connectivity index is 2.59. The van der Waals surface area contributed by atoms with E-state index in [1.54, 1.807) is 13.2 Å². The van der Waals surface area contributed by atoms with Gasteiger partial charge in [0, 0.05) is 17.2 Å². The van der Waals surface area contributed by atoms with Gasteiger partial charge >= 0.3 is 0 Å². The zero-order valence-corrected chi connectivity index (χ0v) is 10.0. The summed E-state index contributed by atoms with van der Waals surface area (Å²) in [6.07, 6.45) is -0.476. The maximum absolute atomic E-state index is 9.29. The highest BCUT2D eigenvalue weighted by Crippen LogP contribution is 2.29. The fourth-order valence-electron chi connectivity index (χ4n) is 0.997. The van der Waals surface area contributed by atoms with E-state index in [0.29, 0.717) is 16.5 Å². The minimum Gasteiger partial charge on any atom is -0.495 e. The van der Waals surface area contributed by atoms with Gasteiger partial charge in [-0.25, -0.2) is 0 Å². The molecule has 84 valence electrons. The molecule has 1 rings (SSSR count). The lowest BCUT2D eigenvalue weighted by atomic mass is 10.3. The van der Waals surface area contributed by atoms with Gasteiger partial charge < -0.3 is 15.6 Å². The molecule has 1 aromatic carbocycles. The van der Waals surface area contributed by atoms with E-state index in [4.69, 9.17) is 22.1 Å². The van der Waals surface area contributed by atoms with Crippen molar-refractivity contribution in [3.8, 4) is 5.75 Å². The Morgan fingerprint density at radius 1 is 1.60 bits per heavy atom. The van der Waals surface area contributed by atoms with Crippen molar-refractivity contribution in [3.05, 3.63) is 23.2 Å². The summed E-state index contributed by atoms with van der Waals surface area (Å²) >= 11 is 7.47. The van der Waals surface area contributed by atoms with E-state index >= 15 is 0 Å². The van der Waals surface area contributed by atoms with Crippen LogP contribution in [0.1, 0.15) is 0 Å². The number of benzene rings is 1. The lowest BCUT2D eigenvalue weighted by Crippen LogP contribution is -2.21. The molecule has 5 heteroatoms. The maximum Gasteiger partial charge on any atom is 0.137 e. The van der Waals surface area contributed by atoms with Gasteiger partial charge in [-0.1, -0.05) is 11.6 Å². The summed E-state index contributed by atoms with van der Waals surface area (Å²) in [4.78, 5) is 0.994. The van der Waals surface area contributed by atoms with Gasteiger partial charge in [-0.15, -0.1) is 11.8 Å². The van der Waals surface area contributed by atoms with Crippen LogP contribution in [0.5, 0.6) is 5.75 Å². The van der Waals surface area contributed by atoms with Crippen molar-refractivity contribution in [1.29, 1.82) is 0 Å². The average molecular weight is 248 g/mol. The minimum atomic E-state index is -0.476. The van der Waals surface area contributed by atoms with E-state index < -0.39 is 6.10 Å². The van der Waals surface area contributed by atoms with Crippen LogP contribution in [-0.2, 0) is 0 Å². The second kappa shape index (κ2) is 6.23. The normalized spacial score (nSPS) is 12.5. The Morgan fingerprint density at radius 2 is 2.33 bits per heavy atom. The average Bonchev–Trinajstić information content (AvgIpc) is 2.26. The Kier molecular flexibility index (Phi) is 5.25. The lowest BCUT2D eigenvalue weighted by molar-refractivity contribution is 0.208. The van der Waals surface area contributed by atoms with Crippen molar-refractivity contribution in [2.75, 3.05) is 19.4 Å². The van der Waals surface area contributed by atoms with Crippen molar-refractivity contribution in [1.82, 2.24) is 0 Å². The molecule has 0 aromatic heterocycles. The first-order valence-corrected chi connectivity index (χ1v) is 5.88. The van der Waals surface area contributed by atoms with Crippen molar-refractivity contribution >= 4 is 23.4 Å². The van der Waals surface area contributed by atoms with Gasteiger partial charge in [0.05, 0.1) is 18.2 Å². The Bertz CT molecular complexity index is 322. The number of thioether (sulfide) groups is 1. The van der Waals surface area contributed by atoms with Crippen LogP contribution in [-0.4, -0.2) is 30.6 Å². The molecule has 1 aromatic rings. The molecule has 0 aliphatic carbocycles. The van der Waals surface area contributed by atoms with E-state index in [0.717, 1.165) is 4.90 Å². The van der Waals surface area contributed by atoms with E-state index in [1.807, 2.05) is 12.1 Å². The van der Waals surface area contributed by atoms with Crippen LogP contribution < -0.4 is 10.5 Å². The standard InChI is InChI=1S/C10H14ClNO2S/c1-14-10-3-2-8(4-9(10)11)15-6-7(13)5-12/h2-4,7,13H,5-6,12H2,1H3. The Hall–Kier alpha value is -0.420. The van der Waals surface area contributed by atoms with E-state index in [2.05, 4.69) is 0 Å². The van der Waals surface area contributed by atoms with Gasteiger partial charge in [0.1, 0.15) is 5.75 Å². The summed E-state index contributed by atoms with van der Waals surface area (Å²) in [5, 5.41) is 9.86. The van der Waals surface area contributed by atoms with Crippen LogP contribution in [0.2, 0.25) is 5.02 Å². The van der Waals surface area contributed by atoms with Crippen LogP contribution in [0.3, 0.4) is 0 Å². The summed E-state index contributed by atoms with van der Waals surface area (Å²) in [5.41, 5.74) is 5.30. The maximum atomic E-state index is 9.29. The predicted molar refractivity (Wildman–Crippen MR) is 63.8 cm³/mol. The number of rotatable bonds is 5. The number of aliphatic hydroxyl groups excluding tert-OH is 1. The third kappa shape index (κ3) is 3.91. The van der Waals surface area contributed by atoms with Crippen LogP contribution >= 0.6 is 23.4 Å². The number of ether oxygens (including phenoxy) is 1. The summed E-state index contributed by atoms with van der Waals surface area (Å²) in [6, 6.07) is 5.52. The van der Waals surface area contributed by atoms with Crippen molar-refractivity contribution < 1.29 is 9.84 Å². The monoisotopic (exact) mass is 247 g/mol. The molecule has 3 nitrogen and oxygen atoms in total. The molecule has 0 radical (unpaired) electrons. The molecule has 1 atom stereocenters. The number of nitrogens with two attached hydrogens (primary N) is 1. The first-order chi connectivity index (χ1) is 7.17. The number of halogens is 1. The molecule has 15 heavy (non-hydrogen) atoms. The molecule has 0 spiro atoms. The van der Waals surface area contributed by atoms with E-state index in [9.17, 15) is 5.11 Å². The molecule has 1 unspecified atom stereocenters. The topological polar surface area (TPSA) is 55.5 Å². The minimum absolute atomic E-state index is 0.275. The highest BCUT2D eigenvalue weighted by molar-refractivity contribution is 7.99. The first kappa shape index (κ1) is 12.6. The van der Waals surface area contributed by atoms with Gasteiger partial charge in [0.15, 0.2) is 0 Å². The van der Waals surface area contributed by atoms with Crippen LogP contribution in [0.4, 0.5) is 0 Å². The highest BCUT2D eigenvalue weighted by atomic mass is 35.5. The highest BCUT2D eigenvalue weighted by Gasteiger charge is 2.05. The number of hydrogen-bond acceptors (Lipinski definition) is 4. The molecular weight excluding hydrogens is 234 g/mol. The molecule has 0 amide bonds. The third-order valence-corrected chi connectivity index (χ3v) is 3.27. The number of aliphatic hydroxyl groups is 1. The Morgan fingerprint density at radius 3 is 2.87 bits per heavy atom. The zero-order valence-electron chi connectivity index (χ0n) is 8.44. The van der Waals surface area contributed by atoms with Crippen LogP contribution in [0, 0.1) is 0 Å². The van der Waals surface area contributed by atoms with Crippen LogP contribution in [0.25, 0.3) is 0 Å². The largest absolute Gasteiger partial charge is 0.495 e. The predicted octanol–water partition coefficient (Wildman–Crippen LogP) is 1.76. The third-order valence-electron chi connectivity index (χ3n) is 1.84. The molecule has 0 aliphatic rings. The quantitative estimate of drug-likeness (QED) is 0.779. The second-order valence-corrected chi connectivity index (χ2v) is 4.50. The summed E-state index contributed by atoms with van der Waals surface area (Å²) < 4.78 is 5.04. The van der Waals surface area contributed by atoms with Crippen molar-refractivity contribution in [3.63, 3.8) is 0 Å². The Labute approximate surface area is 98.6 Å². The lowest BCUT2D eigenvalue weighted by Gasteiger charge is -2.08. The molecule has 3 N–H and O–H groups in total. The van der Waals surface area contributed by atoms with E-state index in [1.165, 1.54) is 11.8 Å². The fraction of sp³-hybridized carbons (Fsp3) is 0.400. The van der Waals surface area contributed by atoms with Crippen molar-refractivity contribution in [2.45, 2.75) is 11.0 Å². The molecular formula is C10H14ClNO2S. The number of methoxy groups -OCH3 is 1. The van der Waals surface area contributed by atoms with Gasteiger partial charge in [-0.2, -0.15) is 0 Å². The molecule has 0 aliphatic heterocycles. The molecule has 0 saturated heterocycles. The molecule has 0 fully saturated rings. The van der Waals surface area contributed by atoms with Gasteiger partial charge in [0.2, 0.25) is 0 Å². The van der Waals surface area contributed by atoms with Crippen molar-refractivity contribution in [2.24, 2.45) is 5.73 Å². The SMILES string of the molecule is COc1ccc(SCC(O)CN)cc1Cl. The summed E-state index contributed by atoms with van der Waals surface area (Å²) in [7, 11) is 1.58. The smallest absolute Gasteiger partial charge is 0.137 e. The molecule has 0 saturated carbocycles. The number of hydrogen-bond donors (Lipinski definition) is 2. The first-order valence-electron chi connectivity index (χ1n) is 4.52. The van der Waals surface area contributed by atoms with Gasteiger partial charge in [-0.3, -0.25) is 0 Å². The molecule has 0 heterocycles. The summed E-state index contributed by atoms with van der Waals surface area (Å²) in [6.45, 7) is 0.275. The molecule has 0 bridgehead atoms. The van der Waals surface area contributed by atoms with E-state index in [-0.39, 0.29) is 6.54 Å².